The lowest BCUT2D eigenvalue weighted by Crippen LogP contribution is -2.54. The van der Waals surface area contributed by atoms with Crippen LogP contribution in [0.2, 0.25) is 0 Å². The maximum Gasteiger partial charge on any atom is 0.240 e. The molecule has 1 amide bonds. The number of sulfone groups is 1. The van der Waals surface area contributed by atoms with E-state index in [1.54, 1.807) is 0 Å². The molecule has 1 heterocycles. The molecule has 1 saturated heterocycles. The van der Waals surface area contributed by atoms with Gasteiger partial charge in [-0.1, -0.05) is 6.92 Å². The van der Waals surface area contributed by atoms with Crippen LogP contribution in [-0.4, -0.2) is 45.1 Å². The van der Waals surface area contributed by atoms with Gasteiger partial charge >= 0.3 is 0 Å². The Bertz CT molecular complexity index is 382. The van der Waals surface area contributed by atoms with Crippen LogP contribution in [0.25, 0.3) is 0 Å². The number of ether oxygens (including phenoxy) is 1. The molecule has 0 spiro atoms. The first kappa shape index (κ1) is 13.4. The molecule has 0 radical (unpaired) electrons. The Kier molecular flexibility index (Phi) is 3.36. The molecule has 0 aromatic carbocycles. The molecule has 1 aliphatic heterocycles. The largest absolute Gasteiger partial charge is 0.380 e. The third kappa shape index (κ3) is 2.55. The van der Waals surface area contributed by atoms with E-state index < -0.39 is 20.5 Å². The van der Waals surface area contributed by atoms with Crippen molar-refractivity contribution in [1.82, 2.24) is 5.32 Å². The Morgan fingerprint density at radius 2 is 1.94 bits per heavy atom. The smallest absolute Gasteiger partial charge is 0.240 e. The number of hydrogen-bond donors (Lipinski definition) is 1. The molecular weight excluding hydrogens is 230 g/mol. The molecule has 94 valence electrons. The quantitative estimate of drug-likeness (QED) is 0.759. The predicted octanol–water partition coefficient (Wildman–Crippen LogP) is -0.0377. The summed E-state index contributed by atoms with van der Waals surface area (Å²) >= 11 is 0. The van der Waals surface area contributed by atoms with Crippen LogP contribution >= 0.6 is 0 Å². The summed E-state index contributed by atoms with van der Waals surface area (Å²) in [7, 11) is -3.40. The molecule has 1 rings (SSSR count). The monoisotopic (exact) mass is 249 g/mol. The highest BCUT2D eigenvalue weighted by atomic mass is 32.2. The zero-order valence-electron chi connectivity index (χ0n) is 10.2. The summed E-state index contributed by atoms with van der Waals surface area (Å²) in [5.41, 5.74) is -0.0523. The van der Waals surface area contributed by atoms with Gasteiger partial charge in [-0.15, -0.1) is 0 Å². The number of amides is 1. The van der Waals surface area contributed by atoms with Gasteiger partial charge in [-0.25, -0.2) is 8.42 Å². The fourth-order valence-electron chi connectivity index (χ4n) is 1.23. The van der Waals surface area contributed by atoms with E-state index in [9.17, 15) is 13.2 Å². The molecule has 0 atom stereocenters. The van der Waals surface area contributed by atoms with Crippen LogP contribution in [0.3, 0.4) is 0 Å². The number of rotatable bonds is 4. The Morgan fingerprint density at radius 3 is 2.25 bits per heavy atom. The van der Waals surface area contributed by atoms with Crippen molar-refractivity contribution in [2.45, 2.75) is 25.5 Å². The minimum Gasteiger partial charge on any atom is -0.380 e. The number of carbonyl (C=O) groups is 1. The van der Waals surface area contributed by atoms with Crippen LogP contribution in [0.1, 0.15) is 20.8 Å². The van der Waals surface area contributed by atoms with E-state index in [2.05, 4.69) is 5.32 Å². The molecule has 0 bridgehead atoms. The molecule has 6 heteroatoms. The summed E-state index contributed by atoms with van der Waals surface area (Å²) in [5, 5.41) is 2.67. The van der Waals surface area contributed by atoms with Gasteiger partial charge in [0.2, 0.25) is 5.91 Å². The van der Waals surface area contributed by atoms with Crippen molar-refractivity contribution in [3.63, 3.8) is 0 Å². The Morgan fingerprint density at radius 1 is 1.44 bits per heavy atom. The standard InChI is InChI=1S/C10H19NO4S/c1-9(2,16(4,13)14)8(12)11-5-10(3)6-15-7-10/h5-7H2,1-4H3,(H,11,12). The maximum absolute atomic E-state index is 11.8. The van der Waals surface area contributed by atoms with Gasteiger partial charge in [0.25, 0.3) is 0 Å². The summed E-state index contributed by atoms with van der Waals surface area (Å²) in [6, 6.07) is 0. The fourth-order valence-corrected chi connectivity index (χ4v) is 1.64. The predicted molar refractivity (Wildman–Crippen MR) is 60.9 cm³/mol. The van der Waals surface area contributed by atoms with Crippen LogP contribution < -0.4 is 5.32 Å². The van der Waals surface area contributed by atoms with Crippen molar-refractivity contribution in [3.05, 3.63) is 0 Å². The summed E-state index contributed by atoms with van der Waals surface area (Å²) < 4.78 is 26.5. The van der Waals surface area contributed by atoms with Gasteiger partial charge in [-0.05, 0) is 13.8 Å². The first-order valence-corrected chi connectivity index (χ1v) is 7.03. The summed E-state index contributed by atoms with van der Waals surface area (Å²) in [5.74, 6) is -0.455. The summed E-state index contributed by atoms with van der Waals surface area (Å²) in [4.78, 5) is 11.8. The average molecular weight is 249 g/mol. The van der Waals surface area contributed by atoms with Crippen LogP contribution in [0.15, 0.2) is 0 Å². The highest BCUT2D eigenvalue weighted by molar-refractivity contribution is 7.92. The highest BCUT2D eigenvalue weighted by Gasteiger charge is 2.40. The van der Waals surface area contributed by atoms with Crippen LogP contribution in [-0.2, 0) is 19.4 Å². The lowest BCUT2D eigenvalue weighted by molar-refractivity contribution is -0.128. The van der Waals surface area contributed by atoms with E-state index >= 15 is 0 Å². The molecule has 1 N–H and O–H groups in total. The molecule has 5 nitrogen and oxygen atoms in total. The normalized spacial score (nSPS) is 20.0. The first-order valence-electron chi connectivity index (χ1n) is 5.14. The van der Waals surface area contributed by atoms with Crippen molar-refractivity contribution in [2.75, 3.05) is 26.0 Å². The molecular formula is C10H19NO4S. The van der Waals surface area contributed by atoms with E-state index in [0.717, 1.165) is 6.26 Å². The van der Waals surface area contributed by atoms with Gasteiger partial charge in [0.15, 0.2) is 9.84 Å². The van der Waals surface area contributed by atoms with Gasteiger partial charge in [0.1, 0.15) is 4.75 Å². The molecule has 0 aromatic heterocycles. The second-order valence-electron chi connectivity index (χ2n) is 5.27. The second-order valence-corrected chi connectivity index (χ2v) is 7.83. The third-order valence-corrected chi connectivity index (χ3v) is 5.09. The number of hydrogen-bond acceptors (Lipinski definition) is 4. The zero-order valence-corrected chi connectivity index (χ0v) is 11.0. The van der Waals surface area contributed by atoms with E-state index in [4.69, 9.17) is 4.74 Å². The van der Waals surface area contributed by atoms with Crippen molar-refractivity contribution < 1.29 is 17.9 Å². The van der Waals surface area contributed by atoms with Gasteiger partial charge < -0.3 is 10.1 Å². The summed E-state index contributed by atoms with van der Waals surface area (Å²) in [6.07, 6.45) is 1.07. The number of carbonyl (C=O) groups excluding carboxylic acids is 1. The molecule has 0 unspecified atom stereocenters. The molecule has 16 heavy (non-hydrogen) atoms. The Balaban J connectivity index is 2.59. The van der Waals surface area contributed by atoms with Crippen molar-refractivity contribution >= 4 is 15.7 Å². The highest BCUT2D eigenvalue weighted by Crippen LogP contribution is 2.25. The van der Waals surface area contributed by atoms with E-state index in [-0.39, 0.29) is 5.41 Å². The van der Waals surface area contributed by atoms with Crippen LogP contribution in [0, 0.1) is 5.41 Å². The van der Waals surface area contributed by atoms with Gasteiger partial charge in [0.05, 0.1) is 13.2 Å². The average Bonchev–Trinajstić information content (AvgIpc) is 2.09. The van der Waals surface area contributed by atoms with E-state index in [1.165, 1.54) is 13.8 Å². The number of nitrogens with one attached hydrogen (secondary N) is 1. The van der Waals surface area contributed by atoms with Gasteiger partial charge in [0, 0.05) is 18.2 Å². The zero-order chi connectivity index (χ0) is 12.6. The van der Waals surface area contributed by atoms with Crippen molar-refractivity contribution in [3.8, 4) is 0 Å². The lowest BCUT2D eigenvalue weighted by atomic mass is 9.88. The molecule has 0 saturated carbocycles. The van der Waals surface area contributed by atoms with Crippen molar-refractivity contribution in [1.29, 1.82) is 0 Å². The minimum atomic E-state index is -3.40. The van der Waals surface area contributed by atoms with Crippen LogP contribution in [0.5, 0.6) is 0 Å². The lowest BCUT2D eigenvalue weighted by Gasteiger charge is -2.38. The molecule has 1 fully saturated rings. The van der Waals surface area contributed by atoms with Crippen LogP contribution in [0.4, 0.5) is 0 Å². The summed E-state index contributed by atoms with van der Waals surface area (Å²) in [6.45, 7) is 6.47. The Hall–Kier alpha value is -0.620. The second kappa shape index (κ2) is 4.00. The third-order valence-electron chi connectivity index (χ3n) is 3.05. The first-order chi connectivity index (χ1) is 7.08. The minimum absolute atomic E-state index is 0.0523. The van der Waals surface area contributed by atoms with Gasteiger partial charge in [-0.2, -0.15) is 0 Å². The fraction of sp³-hybridized carbons (Fsp3) is 0.900. The molecule has 0 aliphatic carbocycles. The van der Waals surface area contributed by atoms with E-state index in [1.807, 2.05) is 6.92 Å². The maximum atomic E-state index is 11.8. The van der Waals surface area contributed by atoms with Gasteiger partial charge in [-0.3, -0.25) is 4.79 Å². The van der Waals surface area contributed by atoms with E-state index in [0.29, 0.717) is 19.8 Å². The van der Waals surface area contributed by atoms with Crippen molar-refractivity contribution in [2.24, 2.45) is 5.41 Å². The molecule has 1 aliphatic rings. The Labute approximate surface area is 96.5 Å². The topological polar surface area (TPSA) is 72.5 Å². The molecule has 0 aromatic rings. The SMILES string of the molecule is CC1(CNC(=O)C(C)(C)S(C)(=O)=O)COC1.